The van der Waals surface area contributed by atoms with E-state index >= 15 is 0 Å². The van der Waals surface area contributed by atoms with Gasteiger partial charge in [0.05, 0.1) is 0 Å². The molecule has 2 aromatic rings. The summed E-state index contributed by atoms with van der Waals surface area (Å²) in [5, 5.41) is 0. The molecule has 0 aromatic carbocycles. The summed E-state index contributed by atoms with van der Waals surface area (Å²) >= 11 is 0. The minimum Gasteiger partial charge on any atom is -0.463 e. The fourth-order valence-electron chi connectivity index (χ4n) is 3.03. The molecule has 29 heavy (non-hydrogen) atoms. The third-order valence-corrected chi connectivity index (χ3v) is 4.06. The number of nitrogen functional groups attached to an aromatic ring is 1. The Kier molecular flexibility index (Phi) is 5.59. The van der Waals surface area contributed by atoms with Gasteiger partial charge in [0.15, 0.2) is 35.4 Å². The molecule has 1 aliphatic heterocycles. The number of anilines is 1. The van der Waals surface area contributed by atoms with Crippen molar-refractivity contribution in [2.24, 2.45) is 0 Å². The molecule has 4 atom stereocenters. The molecular weight excluding hydrogens is 393 g/mol. The van der Waals surface area contributed by atoms with Gasteiger partial charge in [-0.25, -0.2) is 9.97 Å². The molecule has 0 saturated carbocycles. The zero-order valence-electron chi connectivity index (χ0n) is 15.7. The SMILES string of the molecule is CC(=O)OCC1OC(n2c(F)nc3c(N)ncnc32)C(OC(C)=O)C1OC(C)=O. The van der Waals surface area contributed by atoms with Crippen LogP contribution in [0, 0.1) is 6.08 Å². The van der Waals surface area contributed by atoms with Gasteiger partial charge in [-0.1, -0.05) is 0 Å². The van der Waals surface area contributed by atoms with Crippen molar-refractivity contribution in [2.45, 2.75) is 45.3 Å². The van der Waals surface area contributed by atoms with Crippen molar-refractivity contribution in [3.8, 4) is 0 Å². The lowest BCUT2D eigenvalue weighted by Gasteiger charge is -2.23. The van der Waals surface area contributed by atoms with Crippen LogP contribution in [0.1, 0.15) is 27.0 Å². The maximum atomic E-state index is 14.7. The highest BCUT2D eigenvalue weighted by atomic mass is 19.1. The Morgan fingerprint density at radius 1 is 1.14 bits per heavy atom. The van der Waals surface area contributed by atoms with E-state index in [0.29, 0.717) is 0 Å². The maximum Gasteiger partial charge on any atom is 0.303 e. The highest BCUT2D eigenvalue weighted by Gasteiger charge is 2.51. The monoisotopic (exact) mass is 411 g/mol. The first-order valence-corrected chi connectivity index (χ1v) is 8.46. The van der Waals surface area contributed by atoms with E-state index in [1.165, 1.54) is 6.92 Å². The first kappa shape index (κ1) is 20.4. The van der Waals surface area contributed by atoms with Crippen molar-refractivity contribution in [3.05, 3.63) is 12.4 Å². The van der Waals surface area contributed by atoms with Gasteiger partial charge in [-0.2, -0.15) is 9.37 Å². The van der Waals surface area contributed by atoms with Crippen LogP contribution in [0.25, 0.3) is 11.2 Å². The van der Waals surface area contributed by atoms with Crippen LogP contribution < -0.4 is 5.73 Å². The van der Waals surface area contributed by atoms with Gasteiger partial charge < -0.3 is 24.7 Å². The Hall–Kier alpha value is -3.35. The second-order valence-electron chi connectivity index (χ2n) is 6.20. The quantitative estimate of drug-likeness (QED) is 0.397. The molecule has 3 rings (SSSR count). The summed E-state index contributed by atoms with van der Waals surface area (Å²) in [6.07, 6.45) is -4.78. The molecule has 0 radical (unpaired) electrons. The van der Waals surface area contributed by atoms with Crippen molar-refractivity contribution in [1.29, 1.82) is 0 Å². The number of imidazole rings is 1. The zero-order chi connectivity index (χ0) is 21.3. The fourth-order valence-corrected chi connectivity index (χ4v) is 3.03. The molecule has 4 unspecified atom stereocenters. The van der Waals surface area contributed by atoms with Crippen LogP contribution in [-0.4, -0.2) is 62.3 Å². The van der Waals surface area contributed by atoms with E-state index in [-0.39, 0.29) is 23.6 Å². The predicted molar refractivity (Wildman–Crippen MR) is 91.3 cm³/mol. The number of hydrogen-bond donors (Lipinski definition) is 1. The minimum atomic E-state index is -1.33. The third kappa shape index (κ3) is 4.08. The summed E-state index contributed by atoms with van der Waals surface area (Å²) < 4.78 is 36.8. The van der Waals surface area contributed by atoms with Crippen LogP contribution in [0.15, 0.2) is 6.33 Å². The number of hydrogen-bond acceptors (Lipinski definition) is 11. The van der Waals surface area contributed by atoms with E-state index in [4.69, 9.17) is 24.7 Å². The topological polar surface area (TPSA) is 158 Å². The summed E-state index contributed by atoms with van der Waals surface area (Å²) in [6, 6.07) is 0. The Labute approximate surface area is 163 Å². The molecule has 0 aliphatic carbocycles. The first-order chi connectivity index (χ1) is 13.7. The number of rotatable bonds is 5. The zero-order valence-corrected chi connectivity index (χ0v) is 15.7. The molecule has 2 N–H and O–H groups in total. The summed E-state index contributed by atoms with van der Waals surface area (Å²) in [7, 11) is 0. The Morgan fingerprint density at radius 2 is 1.79 bits per heavy atom. The van der Waals surface area contributed by atoms with Gasteiger partial charge in [0.1, 0.15) is 19.0 Å². The Morgan fingerprint density at radius 3 is 2.41 bits per heavy atom. The molecule has 1 saturated heterocycles. The molecule has 1 aliphatic rings. The highest BCUT2D eigenvalue weighted by Crippen LogP contribution is 2.37. The molecule has 3 heterocycles. The van der Waals surface area contributed by atoms with Crippen molar-refractivity contribution in [2.75, 3.05) is 12.3 Å². The summed E-state index contributed by atoms with van der Waals surface area (Å²) in [6.45, 7) is 3.12. The lowest BCUT2D eigenvalue weighted by molar-refractivity contribution is -0.166. The molecule has 156 valence electrons. The molecule has 13 heteroatoms. The molecule has 12 nitrogen and oxygen atoms in total. The summed E-state index contributed by atoms with van der Waals surface area (Å²) in [4.78, 5) is 45.8. The number of carbonyl (C=O) groups excluding carboxylic acids is 3. The van der Waals surface area contributed by atoms with Gasteiger partial charge in [-0.15, -0.1) is 0 Å². The van der Waals surface area contributed by atoms with E-state index in [1.807, 2.05) is 0 Å². The number of esters is 3. The number of carbonyl (C=O) groups is 3. The van der Waals surface area contributed by atoms with Crippen LogP contribution in [0.3, 0.4) is 0 Å². The number of ether oxygens (including phenoxy) is 4. The fraction of sp³-hybridized carbons (Fsp3) is 0.500. The molecular formula is C16H18FN5O7. The van der Waals surface area contributed by atoms with Crippen LogP contribution >= 0.6 is 0 Å². The Bertz CT molecular complexity index is 965. The van der Waals surface area contributed by atoms with Crippen molar-refractivity contribution in [3.63, 3.8) is 0 Å². The van der Waals surface area contributed by atoms with Crippen LogP contribution in [0.2, 0.25) is 0 Å². The van der Waals surface area contributed by atoms with E-state index in [1.54, 1.807) is 0 Å². The average molecular weight is 411 g/mol. The van der Waals surface area contributed by atoms with Gasteiger partial charge in [0.25, 0.3) is 6.08 Å². The number of halogens is 1. The van der Waals surface area contributed by atoms with Crippen LogP contribution in [-0.2, 0) is 33.3 Å². The van der Waals surface area contributed by atoms with Crippen molar-refractivity contribution in [1.82, 2.24) is 19.5 Å². The molecule has 0 amide bonds. The number of nitrogens with zero attached hydrogens (tertiary/aromatic N) is 4. The normalized spacial score (nSPS) is 23.7. The molecule has 0 bridgehead atoms. The predicted octanol–water partition coefficient (Wildman–Crippen LogP) is -0.129. The third-order valence-electron chi connectivity index (χ3n) is 4.06. The van der Waals surface area contributed by atoms with E-state index in [9.17, 15) is 18.8 Å². The van der Waals surface area contributed by atoms with Gasteiger partial charge >= 0.3 is 17.9 Å². The lowest BCUT2D eigenvalue weighted by Crippen LogP contribution is -2.40. The van der Waals surface area contributed by atoms with Crippen molar-refractivity contribution < 1.29 is 37.7 Å². The maximum absolute atomic E-state index is 14.7. The van der Waals surface area contributed by atoms with E-state index in [2.05, 4.69) is 15.0 Å². The average Bonchev–Trinajstić information content (AvgIpc) is 3.11. The van der Waals surface area contributed by atoms with Gasteiger partial charge in [-0.05, 0) is 0 Å². The minimum absolute atomic E-state index is 0.0214. The van der Waals surface area contributed by atoms with Gasteiger partial charge in [0, 0.05) is 20.8 Å². The second-order valence-corrected chi connectivity index (χ2v) is 6.20. The van der Waals surface area contributed by atoms with E-state index < -0.39 is 48.5 Å². The van der Waals surface area contributed by atoms with E-state index in [0.717, 1.165) is 24.7 Å². The smallest absolute Gasteiger partial charge is 0.303 e. The summed E-state index contributed by atoms with van der Waals surface area (Å²) in [5.74, 6) is -2.11. The van der Waals surface area contributed by atoms with Gasteiger partial charge in [-0.3, -0.25) is 19.0 Å². The number of aromatic nitrogens is 4. The Balaban J connectivity index is 2.07. The first-order valence-electron chi connectivity index (χ1n) is 8.46. The van der Waals surface area contributed by atoms with Crippen molar-refractivity contribution >= 4 is 34.9 Å². The van der Waals surface area contributed by atoms with Crippen LogP contribution in [0.5, 0.6) is 0 Å². The standard InChI is InChI=1S/C16H18FN5O7/c1-6(23)26-4-9-11(27-7(2)24)12(28-8(3)25)15(29-9)22-14-10(21-16(22)17)13(18)19-5-20-14/h5,9,11-12,15H,4H2,1-3H3,(H2,18,19,20). The molecule has 2 aromatic heterocycles. The second kappa shape index (κ2) is 7.95. The molecule has 1 fully saturated rings. The summed E-state index contributed by atoms with van der Waals surface area (Å²) in [5.41, 5.74) is 5.66. The lowest BCUT2D eigenvalue weighted by atomic mass is 10.1. The van der Waals surface area contributed by atoms with Gasteiger partial charge in [0.2, 0.25) is 0 Å². The van der Waals surface area contributed by atoms with Crippen LogP contribution in [0.4, 0.5) is 10.2 Å². The highest BCUT2D eigenvalue weighted by molar-refractivity contribution is 5.81. The number of fused-ring (bicyclic) bond motifs is 1. The number of nitrogens with two attached hydrogens (primary N) is 1. The molecule has 0 spiro atoms. The largest absolute Gasteiger partial charge is 0.463 e.